The molecular formula is C15H17N3O. The lowest BCUT2D eigenvalue weighted by atomic mass is 9.97. The molecule has 0 radical (unpaired) electrons. The fraction of sp³-hybridized carbons (Fsp3) is 0.333. The second kappa shape index (κ2) is 5.26. The first-order valence-electron chi connectivity index (χ1n) is 6.63. The van der Waals surface area contributed by atoms with Crippen LogP contribution in [-0.4, -0.2) is 23.2 Å². The highest BCUT2D eigenvalue weighted by Crippen LogP contribution is 2.24. The van der Waals surface area contributed by atoms with Gasteiger partial charge in [0.05, 0.1) is 0 Å². The molecular weight excluding hydrogens is 238 g/mol. The molecule has 19 heavy (non-hydrogen) atoms. The van der Waals surface area contributed by atoms with Gasteiger partial charge in [-0.3, -0.25) is 0 Å². The molecule has 0 N–H and O–H groups in total. The molecule has 0 saturated carbocycles. The van der Waals surface area contributed by atoms with E-state index in [9.17, 15) is 0 Å². The van der Waals surface area contributed by atoms with Crippen molar-refractivity contribution in [3.8, 4) is 11.5 Å². The Bertz CT molecular complexity index is 542. The molecule has 0 bridgehead atoms. The lowest BCUT2D eigenvalue weighted by Crippen LogP contribution is -2.33. The summed E-state index contributed by atoms with van der Waals surface area (Å²) in [4.78, 5) is 6.65. The van der Waals surface area contributed by atoms with E-state index in [2.05, 4.69) is 21.6 Å². The molecule has 1 aliphatic heterocycles. The number of allylic oxidation sites excluding steroid dienone is 1. The molecule has 0 spiro atoms. The average Bonchev–Trinajstić information content (AvgIpc) is 2.98. The largest absolute Gasteiger partial charge is 0.338 e. The van der Waals surface area contributed by atoms with Gasteiger partial charge >= 0.3 is 0 Å². The van der Waals surface area contributed by atoms with Gasteiger partial charge < -0.3 is 9.42 Å². The SMILES string of the molecule is C=CC1CCN(c2noc(-c3ccccc3)n2)CC1. The second-order valence-corrected chi connectivity index (χ2v) is 4.83. The van der Waals surface area contributed by atoms with Crippen LogP contribution in [0.4, 0.5) is 5.95 Å². The number of rotatable bonds is 3. The predicted molar refractivity (Wildman–Crippen MR) is 74.9 cm³/mol. The second-order valence-electron chi connectivity index (χ2n) is 4.83. The van der Waals surface area contributed by atoms with Crippen LogP contribution >= 0.6 is 0 Å². The summed E-state index contributed by atoms with van der Waals surface area (Å²) >= 11 is 0. The molecule has 1 fully saturated rings. The standard InChI is InChI=1S/C15H17N3O/c1-2-12-8-10-18(11-9-12)15-16-14(19-17-15)13-6-4-3-5-7-13/h2-7,12H,1,8-11H2. The summed E-state index contributed by atoms with van der Waals surface area (Å²) < 4.78 is 5.33. The molecule has 1 aliphatic rings. The van der Waals surface area contributed by atoms with Crippen molar-refractivity contribution in [3.63, 3.8) is 0 Å². The van der Waals surface area contributed by atoms with Crippen LogP contribution in [0.5, 0.6) is 0 Å². The first-order chi connectivity index (χ1) is 9.36. The van der Waals surface area contributed by atoms with E-state index in [-0.39, 0.29) is 0 Å². The molecule has 4 nitrogen and oxygen atoms in total. The molecule has 2 heterocycles. The van der Waals surface area contributed by atoms with E-state index in [1.54, 1.807) is 0 Å². The van der Waals surface area contributed by atoms with E-state index >= 15 is 0 Å². The van der Waals surface area contributed by atoms with Crippen molar-refractivity contribution in [3.05, 3.63) is 43.0 Å². The summed E-state index contributed by atoms with van der Waals surface area (Å²) in [5.74, 6) is 1.90. The molecule has 1 aromatic carbocycles. The highest BCUT2D eigenvalue weighted by atomic mass is 16.5. The van der Waals surface area contributed by atoms with Crippen molar-refractivity contribution in [2.24, 2.45) is 5.92 Å². The molecule has 4 heteroatoms. The van der Waals surface area contributed by atoms with Gasteiger partial charge in [-0.25, -0.2) is 0 Å². The van der Waals surface area contributed by atoms with E-state index in [1.165, 1.54) is 0 Å². The van der Waals surface area contributed by atoms with Gasteiger partial charge in [0.2, 0.25) is 0 Å². The topological polar surface area (TPSA) is 42.2 Å². The summed E-state index contributed by atoms with van der Waals surface area (Å²) in [7, 11) is 0. The molecule has 98 valence electrons. The Hall–Kier alpha value is -2.10. The minimum atomic E-state index is 0.585. The number of hydrogen-bond acceptors (Lipinski definition) is 4. The Labute approximate surface area is 112 Å². The summed E-state index contributed by atoms with van der Waals surface area (Å²) in [6.45, 7) is 5.78. The van der Waals surface area contributed by atoms with Gasteiger partial charge in [-0.05, 0) is 36.0 Å². The third-order valence-corrected chi connectivity index (χ3v) is 3.59. The van der Waals surface area contributed by atoms with Gasteiger partial charge in [-0.2, -0.15) is 4.98 Å². The fourth-order valence-electron chi connectivity index (χ4n) is 2.38. The summed E-state index contributed by atoms with van der Waals surface area (Å²) in [5.41, 5.74) is 0.960. The van der Waals surface area contributed by atoms with Crippen molar-refractivity contribution < 1.29 is 4.52 Å². The maximum atomic E-state index is 5.33. The Morgan fingerprint density at radius 2 is 1.95 bits per heavy atom. The fourth-order valence-corrected chi connectivity index (χ4v) is 2.38. The molecule has 1 aromatic heterocycles. The molecule has 2 aromatic rings. The number of piperidine rings is 1. The zero-order valence-corrected chi connectivity index (χ0v) is 10.8. The van der Waals surface area contributed by atoms with E-state index in [0.717, 1.165) is 31.5 Å². The average molecular weight is 255 g/mol. The Morgan fingerprint density at radius 3 is 2.63 bits per heavy atom. The van der Waals surface area contributed by atoms with Crippen molar-refractivity contribution in [2.45, 2.75) is 12.8 Å². The number of aromatic nitrogens is 2. The Balaban J connectivity index is 1.74. The lowest BCUT2D eigenvalue weighted by molar-refractivity contribution is 0.420. The Morgan fingerprint density at radius 1 is 1.21 bits per heavy atom. The summed E-state index contributed by atoms with van der Waals surface area (Å²) in [6, 6.07) is 9.85. The van der Waals surface area contributed by atoms with Gasteiger partial charge in [0.15, 0.2) is 0 Å². The minimum absolute atomic E-state index is 0.585. The number of benzene rings is 1. The smallest absolute Gasteiger partial charge is 0.266 e. The van der Waals surface area contributed by atoms with Crippen LogP contribution < -0.4 is 4.90 Å². The van der Waals surface area contributed by atoms with Crippen LogP contribution in [0.3, 0.4) is 0 Å². The maximum absolute atomic E-state index is 5.33. The molecule has 0 aliphatic carbocycles. The van der Waals surface area contributed by atoms with Crippen LogP contribution in [0.1, 0.15) is 12.8 Å². The minimum Gasteiger partial charge on any atom is -0.338 e. The number of hydrogen-bond donors (Lipinski definition) is 0. The van der Waals surface area contributed by atoms with Crippen molar-refractivity contribution in [2.75, 3.05) is 18.0 Å². The van der Waals surface area contributed by atoms with E-state index in [0.29, 0.717) is 17.8 Å². The molecule has 0 amide bonds. The lowest BCUT2D eigenvalue weighted by Gasteiger charge is -2.29. The molecule has 1 saturated heterocycles. The van der Waals surface area contributed by atoms with Crippen LogP contribution in [0.25, 0.3) is 11.5 Å². The van der Waals surface area contributed by atoms with Crippen LogP contribution in [0, 0.1) is 5.92 Å². The van der Waals surface area contributed by atoms with Crippen LogP contribution in [0.2, 0.25) is 0 Å². The van der Waals surface area contributed by atoms with E-state index in [4.69, 9.17) is 4.52 Å². The zero-order chi connectivity index (χ0) is 13.1. The van der Waals surface area contributed by atoms with Gasteiger partial charge in [0.1, 0.15) is 0 Å². The van der Waals surface area contributed by atoms with Crippen LogP contribution in [-0.2, 0) is 0 Å². The first-order valence-corrected chi connectivity index (χ1v) is 6.63. The number of anilines is 1. The summed E-state index contributed by atoms with van der Waals surface area (Å²) in [5, 5.41) is 4.08. The third-order valence-electron chi connectivity index (χ3n) is 3.59. The molecule has 0 atom stereocenters. The maximum Gasteiger partial charge on any atom is 0.266 e. The van der Waals surface area contributed by atoms with E-state index < -0.39 is 0 Å². The van der Waals surface area contributed by atoms with Gasteiger partial charge in [0, 0.05) is 18.7 Å². The van der Waals surface area contributed by atoms with Gasteiger partial charge in [-0.1, -0.05) is 24.3 Å². The summed E-state index contributed by atoms with van der Waals surface area (Å²) in [6.07, 6.45) is 4.26. The zero-order valence-electron chi connectivity index (χ0n) is 10.8. The van der Waals surface area contributed by atoms with Gasteiger partial charge in [0.25, 0.3) is 11.8 Å². The van der Waals surface area contributed by atoms with Gasteiger partial charge in [-0.15, -0.1) is 6.58 Å². The Kier molecular flexibility index (Phi) is 3.31. The highest BCUT2D eigenvalue weighted by molar-refractivity contribution is 5.54. The normalized spacial score (nSPS) is 16.5. The predicted octanol–water partition coefficient (Wildman–Crippen LogP) is 3.14. The van der Waals surface area contributed by atoms with Crippen molar-refractivity contribution in [1.29, 1.82) is 0 Å². The highest BCUT2D eigenvalue weighted by Gasteiger charge is 2.21. The quantitative estimate of drug-likeness (QED) is 0.790. The first kappa shape index (κ1) is 12.0. The van der Waals surface area contributed by atoms with Crippen molar-refractivity contribution >= 4 is 5.95 Å². The van der Waals surface area contributed by atoms with Crippen LogP contribution in [0.15, 0.2) is 47.5 Å². The monoisotopic (exact) mass is 255 g/mol. The number of nitrogens with zero attached hydrogens (tertiary/aromatic N) is 3. The third kappa shape index (κ3) is 2.52. The van der Waals surface area contributed by atoms with Crippen molar-refractivity contribution in [1.82, 2.24) is 10.1 Å². The molecule has 0 unspecified atom stereocenters. The molecule has 3 rings (SSSR count). The van der Waals surface area contributed by atoms with E-state index in [1.807, 2.05) is 36.4 Å².